The van der Waals surface area contributed by atoms with Gasteiger partial charge in [0, 0.05) is 29.8 Å². The third-order valence-corrected chi connectivity index (χ3v) is 4.71. The summed E-state index contributed by atoms with van der Waals surface area (Å²) in [4.78, 5) is 24.8. The second-order valence-corrected chi connectivity index (χ2v) is 7.02. The first-order valence-corrected chi connectivity index (χ1v) is 9.18. The zero-order chi connectivity index (χ0) is 21.2. The summed E-state index contributed by atoms with van der Waals surface area (Å²) in [5.41, 5.74) is 0.805. The fourth-order valence-electron chi connectivity index (χ4n) is 2.72. The van der Waals surface area contributed by atoms with E-state index in [9.17, 15) is 18.4 Å². The lowest BCUT2D eigenvalue weighted by molar-refractivity contribution is -0.119. The Hall–Kier alpha value is -3.06. The van der Waals surface area contributed by atoms with Crippen LogP contribution < -0.4 is 10.9 Å². The van der Waals surface area contributed by atoms with Crippen LogP contribution in [0.15, 0.2) is 65.5 Å². The average molecular weight is 418 g/mol. The Morgan fingerprint density at radius 2 is 1.76 bits per heavy atom. The molecule has 0 aliphatic heterocycles. The molecule has 1 heterocycles. The third-order valence-electron chi connectivity index (χ3n) is 4.38. The Kier molecular flexibility index (Phi) is 5.79. The molecule has 0 spiro atoms. The number of nitrogens with one attached hydrogen (secondary N) is 1. The molecule has 0 saturated carbocycles. The van der Waals surface area contributed by atoms with Crippen molar-refractivity contribution in [2.24, 2.45) is 0 Å². The van der Waals surface area contributed by atoms with Gasteiger partial charge in [0.1, 0.15) is 6.04 Å². The second-order valence-electron chi connectivity index (χ2n) is 6.61. The van der Waals surface area contributed by atoms with E-state index in [0.29, 0.717) is 22.0 Å². The molecule has 0 aliphatic rings. The summed E-state index contributed by atoms with van der Waals surface area (Å²) in [6, 6.07) is 14.2. The summed E-state index contributed by atoms with van der Waals surface area (Å²) >= 11 is 6.19. The third kappa shape index (κ3) is 4.68. The maximum atomic E-state index is 13.3. The molecule has 29 heavy (non-hydrogen) atoms. The van der Waals surface area contributed by atoms with Crippen LogP contribution in [0.3, 0.4) is 0 Å². The normalized spacial score (nSPS) is 12.4. The van der Waals surface area contributed by atoms with E-state index in [1.807, 2.05) is 0 Å². The van der Waals surface area contributed by atoms with Crippen molar-refractivity contribution >= 4 is 23.2 Å². The molecule has 0 radical (unpaired) electrons. The SMILES string of the molecule is CC(C(=O)Nc1ccc(C(C)(F)F)cc1)n1nc(-c2ccccc2Cl)ccc1=O. The van der Waals surface area contributed by atoms with Crippen LogP contribution in [0.1, 0.15) is 25.5 Å². The van der Waals surface area contributed by atoms with E-state index < -0.39 is 23.4 Å². The Labute approximate surface area is 170 Å². The molecular weight excluding hydrogens is 400 g/mol. The first kappa shape index (κ1) is 20.7. The molecule has 150 valence electrons. The van der Waals surface area contributed by atoms with Gasteiger partial charge in [-0.3, -0.25) is 9.59 Å². The standard InChI is InChI=1S/C21H18ClF2N3O2/c1-13(20(29)25-15-9-7-14(8-10-15)21(2,23)24)27-19(28)12-11-18(26-27)16-5-3-4-6-17(16)22/h3-13H,1-2H3,(H,25,29). The first-order chi connectivity index (χ1) is 13.7. The van der Waals surface area contributed by atoms with Gasteiger partial charge in [-0.25, -0.2) is 13.5 Å². The number of amides is 1. The molecule has 5 nitrogen and oxygen atoms in total. The summed E-state index contributed by atoms with van der Waals surface area (Å²) in [5, 5.41) is 7.35. The van der Waals surface area contributed by atoms with Gasteiger partial charge in [0.2, 0.25) is 5.91 Å². The highest BCUT2D eigenvalue weighted by Gasteiger charge is 2.24. The van der Waals surface area contributed by atoms with Gasteiger partial charge in [0.15, 0.2) is 0 Å². The number of nitrogens with zero attached hydrogens (tertiary/aromatic N) is 2. The fraction of sp³-hybridized carbons (Fsp3) is 0.190. The maximum absolute atomic E-state index is 13.3. The van der Waals surface area contributed by atoms with Crippen LogP contribution in [0.4, 0.5) is 14.5 Å². The van der Waals surface area contributed by atoms with Gasteiger partial charge in [-0.2, -0.15) is 5.10 Å². The molecule has 0 fully saturated rings. The molecule has 1 unspecified atom stereocenters. The highest BCUT2D eigenvalue weighted by atomic mass is 35.5. The topological polar surface area (TPSA) is 64.0 Å². The molecule has 1 N–H and O–H groups in total. The molecule has 1 atom stereocenters. The number of hydrogen-bond donors (Lipinski definition) is 1. The number of anilines is 1. The van der Waals surface area contributed by atoms with Crippen molar-refractivity contribution in [2.75, 3.05) is 5.32 Å². The number of carbonyl (C=O) groups is 1. The van der Waals surface area contributed by atoms with Crippen molar-refractivity contribution in [3.05, 3.63) is 81.6 Å². The minimum absolute atomic E-state index is 0.158. The number of halogens is 3. The summed E-state index contributed by atoms with van der Waals surface area (Å²) in [7, 11) is 0. The van der Waals surface area contributed by atoms with Gasteiger partial charge in [0.25, 0.3) is 11.5 Å². The van der Waals surface area contributed by atoms with E-state index in [2.05, 4.69) is 10.4 Å². The number of benzene rings is 2. The van der Waals surface area contributed by atoms with Gasteiger partial charge in [-0.1, -0.05) is 41.9 Å². The lowest BCUT2D eigenvalue weighted by Crippen LogP contribution is -2.33. The van der Waals surface area contributed by atoms with Crippen LogP contribution >= 0.6 is 11.6 Å². The number of alkyl halides is 2. The van der Waals surface area contributed by atoms with Crippen molar-refractivity contribution in [3.63, 3.8) is 0 Å². The summed E-state index contributed by atoms with van der Waals surface area (Å²) < 4.78 is 27.7. The van der Waals surface area contributed by atoms with Crippen molar-refractivity contribution in [1.29, 1.82) is 0 Å². The predicted octanol–water partition coefficient (Wildman–Crippen LogP) is 4.88. The molecule has 1 aromatic heterocycles. The van der Waals surface area contributed by atoms with Crippen molar-refractivity contribution in [1.82, 2.24) is 9.78 Å². The highest BCUT2D eigenvalue weighted by Crippen LogP contribution is 2.28. The molecule has 3 aromatic rings. The summed E-state index contributed by atoms with van der Waals surface area (Å²) in [6.07, 6.45) is 0. The van der Waals surface area contributed by atoms with E-state index in [0.717, 1.165) is 11.6 Å². The van der Waals surface area contributed by atoms with Crippen LogP contribution in [0.25, 0.3) is 11.3 Å². The van der Waals surface area contributed by atoms with Gasteiger partial charge < -0.3 is 5.32 Å². The fourth-order valence-corrected chi connectivity index (χ4v) is 2.95. The monoisotopic (exact) mass is 417 g/mol. The van der Waals surface area contributed by atoms with E-state index in [4.69, 9.17) is 11.6 Å². The summed E-state index contributed by atoms with van der Waals surface area (Å²) in [6.45, 7) is 2.32. The molecular formula is C21H18ClF2N3O2. The van der Waals surface area contributed by atoms with Crippen LogP contribution in [-0.2, 0) is 10.7 Å². The quantitative estimate of drug-likeness (QED) is 0.643. The van der Waals surface area contributed by atoms with Gasteiger partial charge in [0.05, 0.1) is 10.7 Å². The number of hydrogen-bond acceptors (Lipinski definition) is 3. The van der Waals surface area contributed by atoms with Crippen molar-refractivity contribution < 1.29 is 13.6 Å². The minimum Gasteiger partial charge on any atom is -0.324 e. The predicted molar refractivity (Wildman–Crippen MR) is 108 cm³/mol. The minimum atomic E-state index is -2.97. The Morgan fingerprint density at radius 3 is 2.38 bits per heavy atom. The van der Waals surface area contributed by atoms with E-state index in [1.54, 1.807) is 24.3 Å². The lowest BCUT2D eigenvalue weighted by Gasteiger charge is -2.16. The van der Waals surface area contributed by atoms with Crippen LogP contribution in [0.2, 0.25) is 5.02 Å². The largest absolute Gasteiger partial charge is 0.324 e. The van der Waals surface area contributed by atoms with Crippen LogP contribution in [-0.4, -0.2) is 15.7 Å². The zero-order valence-electron chi connectivity index (χ0n) is 15.7. The van der Waals surface area contributed by atoms with Gasteiger partial charge in [-0.15, -0.1) is 0 Å². The lowest BCUT2D eigenvalue weighted by atomic mass is 10.1. The van der Waals surface area contributed by atoms with Crippen molar-refractivity contribution in [3.8, 4) is 11.3 Å². The molecule has 8 heteroatoms. The highest BCUT2D eigenvalue weighted by molar-refractivity contribution is 6.33. The Balaban J connectivity index is 1.83. The van der Waals surface area contributed by atoms with Crippen LogP contribution in [0, 0.1) is 0 Å². The maximum Gasteiger partial charge on any atom is 0.270 e. The number of aromatic nitrogens is 2. The second kappa shape index (κ2) is 8.13. The molecule has 0 bridgehead atoms. The van der Waals surface area contributed by atoms with Gasteiger partial charge in [-0.05, 0) is 31.2 Å². The Bertz CT molecular complexity index is 1090. The van der Waals surface area contributed by atoms with Crippen LogP contribution in [0.5, 0.6) is 0 Å². The molecule has 2 aromatic carbocycles. The van der Waals surface area contributed by atoms with E-state index in [1.165, 1.54) is 43.3 Å². The molecule has 1 amide bonds. The molecule has 0 aliphatic carbocycles. The van der Waals surface area contributed by atoms with Gasteiger partial charge >= 0.3 is 0 Å². The molecule has 3 rings (SSSR count). The number of rotatable bonds is 5. The van der Waals surface area contributed by atoms with E-state index in [-0.39, 0.29) is 5.56 Å². The zero-order valence-corrected chi connectivity index (χ0v) is 16.5. The number of carbonyl (C=O) groups excluding carboxylic acids is 1. The Morgan fingerprint density at radius 1 is 1.10 bits per heavy atom. The first-order valence-electron chi connectivity index (χ1n) is 8.81. The molecule has 0 saturated heterocycles. The van der Waals surface area contributed by atoms with Crippen molar-refractivity contribution in [2.45, 2.75) is 25.8 Å². The smallest absolute Gasteiger partial charge is 0.270 e. The van der Waals surface area contributed by atoms with E-state index >= 15 is 0 Å². The average Bonchev–Trinajstić information content (AvgIpc) is 2.68. The summed E-state index contributed by atoms with van der Waals surface area (Å²) in [5.74, 6) is -3.47.